The Kier molecular flexibility index (Phi) is 19.1. The maximum atomic E-state index is 13.7. The van der Waals surface area contributed by atoms with Crippen LogP contribution >= 0.6 is 0 Å². The minimum atomic E-state index is -0.962. The van der Waals surface area contributed by atoms with Crippen LogP contribution in [0.1, 0.15) is 70.7 Å². The monoisotopic (exact) mass is 782 g/mol. The van der Waals surface area contributed by atoms with Gasteiger partial charge in [-0.3, -0.25) is 43.5 Å². The van der Waals surface area contributed by atoms with Crippen molar-refractivity contribution in [2.75, 3.05) is 58.9 Å². The fourth-order valence-corrected chi connectivity index (χ4v) is 6.72. The Bertz CT molecular complexity index is 1540. The SMILES string of the molecule is CCC(C)[C@H](NC(=O)[C@@H](C)Cc1cnc[nH]1)C(=O)C[C@@H](CC(C)C)C(=O)NCc1ccc(CNC(=O)CN2CCN(CC(=O)O)CCN(CC(=O)O)CC2)cc1. The van der Waals surface area contributed by atoms with E-state index in [0.29, 0.717) is 58.5 Å². The lowest BCUT2D eigenvalue weighted by atomic mass is 9.86. The summed E-state index contributed by atoms with van der Waals surface area (Å²) in [6.45, 7) is 12.7. The summed E-state index contributed by atoms with van der Waals surface area (Å²) in [5.74, 6) is -3.58. The van der Waals surface area contributed by atoms with Crippen molar-refractivity contribution in [1.82, 2.24) is 40.6 Å². The van der Waals surface area contributed by atoms with Crippen LogP contribution in [0.3, 0.4) is 0 Å². The number of hydrogen-bond acceptors (Lipinski definition) is 10. The number of H-pyrrole nitrogens is 1. The lowest BCUT2D eigenvalue weighted by molar-refractivity contribution is -0.140. The van der Waals surface area contributed by atoms with Gasteiger partial charge in [0.25, 0.3) is 0 Å². The first-order valence-electron chi connectivity index (χ1n) is 19.7. The summed E-state index contributed by atoms with van der Waals surface area (Å²) in [5.41, 5.74) is 2.55. The maximum absolute atomic E-state index is 13.7. The van der Waals surface area contributed by atoms with Crippen molar-refractivity contribution in [3.8, 4) is 0 Å². The number of carboxylic acids is 2. The van der Waals surface area contributed by atoms with E-state index >= 15 is 0 Å². The van der Waals surface area contributed by atoms with Crippen LogP contribution in [0.4, 0.5) is 0 Å². The number of carbonyl (C=O) groups excluding carboxylic acids is 4. The van der Waals surface area contributed by atoms with Crippen LogP contribution in [0.15, 0.2) is 36.8 Å². The Morgan fingerprint density at radius 1 is 0.768 bits per heavy atom. The van der Waals surface area contributed by atoms with E-state index in [-0.39, 0.29) is 80.4 Å². The second kappa shape index (κ2) is 23.4. The third-order valence-corrected chi connectivity index (χ3v) is 10.2. The molecule has 56 heavy (non-hydrogen) atoms. The third kappa shape index (κ3) is 16.6. The summed E-state index contributed by atoms with van der Waals surface area (Å²) in [7, 11) is 0. The number of amides is 3. The van der Waals surface area contributed by atoms with Crippen molar-refractivity contribution >= 4 is 35.4 Å². The molecule has 0 spiro atoms. The number of benzene rings is 1. The van der Waals surface area contributed by atoms with E-state index in [0.717, 1.165) is 16.8 Å². The molecular weight excluding hydrogens is 720 g/mol. The molecule has 1 saturated heterocycles. The summed E-state index contributed by atoms with van der Waals surface area (Å²) < 4.78 is 0. The number of nitrogens with one attached hydrogen (secondary N) is 4. The highest BCUT2D eigenvalue weighted by atomic mass is 16.4. The van der Waals surface area contributed by atoms with Gasteiger partial charge >= 0.3 is 11.9 Å². The lowest BCUT2D eigenvalue weighted by Crippen LogP contribution is -2.48. The fourth-order valence-electron chi connectivity index (χ4n) is 6.72. The largest absolute Gasteiger partial charge is 0.480 e. The summed E-state index contributed by atoms with van der Waals surface area (Å²) in [6, 6.07) is 6.79. The van der Waals surface area contributed by atoms with E-state index in [4.69, 9.17) is 0 Å². The molecule has 3 amide bonds. The summed E-state index contributed by atoms with van der Waals surface area (Å²) in [5, 5.41) is 27.5. The highest BCUT2D eigenvalue weighted by Gasteiger charge is 2.32. The van der Waals surface area contributed by atoms with Crippen LogP contribution in [0.25, 0.3) is 0 Å². The highest BCUT2D eigenvalue weighted by Crippen LogP contribution is 2.21. The van der Waals surface area contributed by atoms with Crippen LogP contribution in [0.2, 0.25) is 0 Å². The van der Waals surface area contributed by atoms with E-state index in [9.17, 15) is 39.0 Å². The summed E-state index contributed by atoms with van der Waals surface area (Å²) in [6.07, 6.45) is 4.94. The molecule has 2 heterocycles. The number of aromatic amines is 1. The zero-order valence-electron chi connectivity index (χ0n) is 33.6. The van der Waals surface area contributed by atoms with Crippen molar-refractivity contribution in [3.63, 3.8) is 0 Å². The fraction of sp³-hybridized carbons (Fsp3) is 0.625. The molecule has 16 heteroatoms. The predicted molar refractivity (Wildman–Crippen MR) is 210 cm³/mol. The van der Waals surface area contributed by atoms with Gasteiger partial charge in [-0.2, -0.15) is 0 Å². The van der Waals surface area contributed by atoms with Crippen molar-refractivity contribution in [3.05, 3.63) is 53.6 Å². The zero-order valence-corrected chi connectivity index (χ0v) is 33.6. The zero-order chi connectivity index (χ0) is 41.2. The van der Waals surface area contributed by atoms with E-state index in [1.54, 1.807) is 22.3 Å². The Morgan fingerprint density at radius 2 is 1.29 bits per heavy atom. The highest BCUT2D eigenvalue weighted by molar-refractivity contribution is 5.93. The van der Waals surface area contributed by atoms with Gasteiger partial charge in [-0.15, -0.1) is 0 Å². The Morgan fingerprint density at radius 3 is 1.75 bits per heavy atom. The molecule has 1 unspecified atom stereocenters. The summed E-state index contributed by atoms with van der Waals surface area (Å²) >= 11 is 0. The van der Waals surface area contributed by atoms with Crippen LogP contribution in [0, 0.1) is 23.7 Å². The molecule has 310 valence electrons. The molecule has 2 aromatic rings. The van der Waals surface area contributed by atoms with Gasteiger partial charge in [0, 0.05) is 88.9 Å². The van der Waals surface area contributed by atoms with E-state index < -0.39 is 23.9 Å². The Balaban J connectivity index is 1.52. The first-order valence-corrected chi connectivity index (χ1v) is 19.7. The third-order valence-electron chi connectivity index (χ3n) is 10.2. The van der Waals surface area contributed by atoms with Gasteiger partial charge in [-0.05, 0) is 29.4 Å². The number of carboxylic acid groups (broad SMARTS) is 2. The predicted octanol–water partition coefficient (Wildman–Crippen LogP) is 1.76. The summed E-state index contributed by atoms with van der Waals surface area (Å²) in [4.78, 5) is 88.3. The molecule has 16 nitrogen and oxygen atoms in total. The average molecular weight is 783 g/mol. The molecule has 0 radical (unpaired) electrons. The molecule has 1 aromatic heterocycles. The second-order valence-electron chi connectivity index (χ2n) is 15.5. The minimum Gasteiger partial charge on any atom is -0.480 e. The van der Waals surface area contributed by atoms with Crippen LogP contribution < -0.4 is 16.0 Å². The number of hydrogen-bond donors (Lipinski definition) is 6. The maximum Gasteiger partial charge on any atom is 0.317 e. The Labute approximate surface area is 330 Å². The van der Waals surface area contributed by atoms with Gasteiger partial charge in [0.15, 0.2) is 5.78 Å². The number of aliphatic carboxylic acids is 2. The second-order valence-corrected chi connectivity index (χ2v) is 15.5. The number of nitrogens with zero attached hydrogens (tertiary/aromatic N) is 4. The Hall–Kier alpha value is -4.67. The first-order chi connectivity index (χ1) is 26.6. The van der Waals surface area contributed by atoms with Gasteiger partial charge < -0.3 is 31.1 Å². The number of carbonyl (C=O) groups is 6. The van der Waals surface area contributed by atoms with Crippen molar-refractivity contribution in [2.45, 2.75) is 79.4 Å². The van der Waals surface area contributed by atoms with Gasteiger partial charge in [-0.25, -0.2) is 4.98 Å². The van der Waals surface area contributed by atoms with Crippen LogP contribution in [-0.4, -0.2) is 135 Å². The number of imidazole rings is 1. The molecule has 0 bridgehead atoms. The number of aromatic nitrogens is 2. The quantitative estimate of drug-likeness (QED) is 0.101. The lowest BCUT2D eigenvalue weighted by Gasteiger charge is -2.27. The minimum absolute atomic E-state index is 0.0193. The molecule has 1 aliphatic rings. The molecule has 0 aliphatic carbocycles. The van der Waals surface area contributed by atoms with Crippen molar-refractivity contribution in [2.24, 2.45) is 23.7 Å². The topological polar surface area (TPSA) is 217 Å². The number of rotatable bonds is 22. The van der Waals surface area contributed by atoms with Gasteiger partial charge in [0.05, 0.1) is 32.0 Å². The number of ketones is 1. The standard InChI is InChI=1S/C40H62N8O8/c1-6-28(4)38(45-39(55)29(5)18-33-22-41-26-44-33)34(49)19-32(17-27(2)3)40(56)43-21-31-9-7-30(8-10-31)20-42-35(50)23-46-11-13-47(24-36(51)52)15-16-48(14-12-46)25-37(53)54/h7-10,22,26-29,32,38H,6,11-21,23-25H2,1-5H3,(H,41,44)(H,42,50)(H,43,56)(H,45,55)(H,51,52)(H,53,54)/t28?,29-,32+,38-/m0/s1. The first kappa shape index (κ1) is 45.7. The van der Waals surface area contributed by atoms with Crippen LogP contribution in [0.5, 0.6) is 0 Å². The molecule has 3 rings (SSSR count). The van der Waals surface area contributed by atoms with Crippen molar-refractivity contribution < 1.29 is 39.0 Å². The molecule has 0 saturated carbocycles. The van der Waals surface area contributed by atoms with E-state index in [1.165, 1.54) is 0 Å². The molecule has 1 fully saturated rings. The molecule has 4 atom stereocenters. The molecule has 1 aliphatic heterocycles. The molecule has 6 N–H and O–H groups in total. The normalized spacial score (nSPS) is 16.8. The van der Waals surface area contributed by atoms with E-state index in [2.05, 4.69) is 25.9 Å². The number of Topliss-reactive ketones (excluding diaryl/α,β-unsaturated/α-hetero) is 1. The average Bonchev–Trinajstić information content (AvgIpc) is 3.68. The van der Waals surface area contributed by atoms with Crippen LogP contribution in [-0.2, 0) is 48.3 Å². The molecule has 1 aromatic carbocycles. The van der Waals surface area contributed by atoms with Gasteiger partial charge in [0.2, 0.25) is 17.7 Å². The van der Waals surface area contributed by atoms with E-state index in [1.807, 2.05) is 63.8 Å². The van der Waals surface area contributed by atoms with Gasteiger partial charge in [0.1, 0.15) is 0 Å². The molecular formula is C40H62N8O8. The van der Waals surface area contributed by atoms with Crippen molar-refractivity contribution in [1.29, 1.82) is 0 Å². The van der Waals surface area contributed by atoms with Gasteiger partial charge in [-0.1, -0.05) is 65.3 Å². The smallest absolute Gasteiger partial charge is 0.317 e.